The molecular formula is C15H20N2O2. The third-order valence-corrected chi connectivity index (χ3v) is 4.76. The Morgan fingerprint density at radius 2 is 2.26 bits per heavy atom. The van der Waals surface area contributed by atoms with Crippen LogP contribution in [0.1, 0.15) is 36.0 Å². The normalized spacial score (nSPS) is 28.6. The van der Waals surface area contributed by atoms with Crippen LogP contribution in [0.2, 0.25) is 0 Å². The second-order valence-electron chi connectivity index (χ2n) is 6.06. The summed E-state index contributed by atoms with van der Waals surface area (Å²) in [6, 6.07) is 3.04. The molecule has 3 rings (SSSR count). The molecule has 0 radical (unpaired) electrons. The lowest BCUT2D eigenvalue weighted by Gasteiger charge is -2.27. The second-order valence-corrected chi connectivity index (χ2v) is 6.06. The summed E-state index contributed by atoms with van der Waals surface area (Å²) in [6.45, 7) is 0.826. The molecule has 0 saturated heterocycles. The van der Waals surface area contributed by atoms with E-state index in [4.69, 9.17) is 0 Å². The zero-order valence-corrected chi connectivity index (χ0v) is 11.3. The molecule has 0 aromatic carbocycles. The maximum atomic E-state index is 12.3. The highest BCUT2D eigenvalue weighted by molar-refractivity contribution is 5.93. The minimum atomic E-state index is -0.223. The number of amides is 1. The Morgan fingerprint density at radius 3 is 2.89 bits per heavy atom. The molecule has 1 heterocycles. The SMILES string of the molecule is CN(CC1CC2CCC1C2)C(=O)c1cc[nH]c(=O)c1. The van der Waals surface area contributed by atoms with Crippen molar-refractivity contribution in [2.75, 3.05) is 13.6 Å². The van der Waals surface area contributed by atoms with E-state index < -0.39 is 0 Å². The molecule has 3 atom stereocenters. The van der Waals surface area contributed by atoms with Crippen molar-refractivity contribution in [3.63, 3.8) is 0 Å². The highest BCUT2D eigenvalue weighted by Crippen LogP contribution is 2.48. The van der Waals surface area contributed by atoms with Crippen molar-refractivity contribution >= 4 is 5.91 Å². The van der Waals surface area contributed by atoms with E-state index in [0.717, 1.165) is 18.4 Å². The average Bonchev–Trinajstić information content (AvgIpc) is 3.00. The van der Waals surface area contributed by atoms with Crippen molar-refractivity contribution in [1.29, 1.82) is 0 Å². The summed E-state index contributed by atoms with van der Waals surface area (Å²) in [6.07, 6.45) is 6.88. The van der Waals surface area contributed by atoms with Crippen molar-refractivity contribution in [2.24, 2.45) is 17.8 Å². The largest absolute Gasteiger partial charge is 0.341 e. The zero-order chi connectivity index (χ0) is 13.4. The number of hydrogen-bond donors (Lipinski definition) is 1. The van der Waals surface area contributed by atoms with Gasteiger partial charge in [-0.15, -0.1) is 0 Å². The number of hydrogen-bond acceptors (Lipinski definition) is 2. The van der Waals surface area contributed by atoms with Crippen molar-refractivity contribution in [2.45, 2.75) is 25.7 Å². The van der Waals surface area contributed by atoms with Crippen LogP contribution in [0.5, 0.6) is 0 Å². The van der Waals surface area contributed by atoms with Crippen molar-refractivity contribution < 1.29 is 4.79 Å². The zero-order valence-electron chi connectivity index (χ0n) is 11.3. The third-order valence-electron chi connectivity index (χ3n) is 4.76. The molecule has 102 valence electrons. The van der Waals surface area contributed by atoms with Gasteiger partial charge in [-0.3, -0.25) is 9.59 Å². The quantitative estimate of drug-likeness (QED) is 0.902. The van der Waals surface area contributed by atoms with E-state index in [-0.39, 0.29) is 11.5 Å². The van der Waals surface area contributed by atoms with E-state index in [2.05, 4.69) is 4.98 Å². The Kier molecular flexibility index (Phi) is 3.17. The van der Waals surface area contributed by atoms with Crippen LogP contribution in [0.15, 0.2) is 23.1 Å². The molecule has 3 unspecified atom stereocenters. The number of aromatic nitrogens is 1. The summed E-state index contributed by atoms with van der Waals surface area (Å²) in [5.74, 6) is 2.33. The summed E-state index contributed by atoms with van der Waals surface area (Å²) < 4.78 is 0. The number of rotatable bonds is 3. The summed E-state index contributed by atoms with van der Waals surface area (Å²) >= 11 is 0. The van der Waals surface area contributed by atoms with Crippen LogP contribution in [-0.2, 0) is 0 Å². The monoisotopic (exact) mass is 260 g/mol. The molecular weight excluding hydrogens is 240 g/mol. The fourth-order valence-corrected chi connectivity index (χ4v) is 3.83. The first-order chi connectivity index (χ1) is 9.13. The highest BCUT2D eigenvalue weighted by atomic mass is 16.2. The van der Waals surface area contributed by atoms with Gasteiger partial charge in [0.1, 0.15) is 0 Å². The van der Waals surface area contributed by atoms with Gasteiger partial charge in [-0.25, -0.2) is 0 Å². The van der Waals surface area contributed by atoms with E-state index >= 15 is 0 Å². The van der Waals surface area contributed by atoms with Crippen LogP contribution in [0, 0.1) is 17.8 Å². The maximum Gasteiger partial charge on any atom is 0.253 e. The first-order valence-corrected chi connectivity index (χ1v) is 7.07. The van der Waals surface area contributed by atoms with E-state index in [1.807, 2.05) is 7.05 Å². The van der Waals surface area contributed by atoms with Gasteiger partial charge in [-0.2, -0.15) is 0 Å². The van der Waals surface area contributed by atoms with Crippen LogP contribution < -0.4 is 5.56 Å². The Bertz CT molecular complexity index is 537. The first kappa shape index (κ1) is 12.5. The molecule has 2 saturated carbocycles. The van der Waals surface area contributed by atoms with E-state index in [1.165, 1.54) is 37.9 Å². The fourth-order valence-electron chi connectivity index (χ4n) is 3.83. The van der Waals surface area contributed by atoms with Gasteiger partial charge in [0.15, 0.2) is 0 Å². The molecule has 4 nitrogen and oxygen atoms in total. The molecule has 0 spiro atoms. The van der Waals surface area contributed by atoms with E-state index in [1.54, 1.807) is 11.0 Å². The van der Waals surface area contributed by atoms with Gasteiger partial charge in [0.25, 0.3) is 5.91 Å². The maximum absolute atomic E-state index is 12.3. The number of pyridine rings is 1. The van der Waals surface area contributed by atoms with Crippen LogP contribution in [-0.4, -0.2) is 29.4 Å². The van der Waals surface area contributed by atoms with Gasteiger partial charge in [0, 0.05) is 31.4 Å². The summed E-state index contributed by atoms with van der Waals surface area (Å²) in [4.78, 5) is 27.8. The van der Waals surface area contributed by atoms with Crippen LogP contribution >= 0.6 is 0 Å². The minimum Gasteiger partial charge on any atom is -0.341 e. The van der Waals surface area contributed by atoms with Crippen molar-refractivity contribution in [1.82, 2.24) is 9.88 Å². The van der Waals surface area contributed by atoms with Gasteiger partial charge >= 0.3 is 0 Å². The summed E-state index contributed by atoms with van der Waals surface area (Å²) in [7, 11) is 1.84. The topological polar surface area (TPSA) is 53.2 Å². The average molecular weight is 260 g/mol. The molecule has 1 aromatic rings. The standard InChI is InChI=1S/C15H20N2O2/c1-17(9-13-7-10-2-3-11(13)6-10)15(19)12-4-5-16-14(18)8-12/h4-5,8,10-11,13H,2-3,6-7,9H2,1H3,(H,16,18). The van der Waals surface area contributed by atoms with E-state index in [0.29, 0.717) is 11.5 Å². The lowest BCUT2D eigenvalue weighted by atomic mass is 9.88. The van der Waals surface area contributed by atoms with Crippen LogP contribution in [0.3, 0.4) is 0 Å². The number of nitrogens with one attached hydrogen (secondary N) is 1. The summed E-state index contributed by atoms with van der Waals surface area (Å²) in [5.41, 5.74) is 0.258. The van der Waals surface area contributed by atoms with E-state index in [9.17, 15) is 9.59 Å². The molecule has 19 heavy (non-hydrogen) atoms. The first-order valence-electron chi connectivity index (χ1n) is 7.07. The number of H-pyrrole nitrogens is 1. The number of fused-ring (bicyclic) bond motifs is 2. The highest BCUT2D eigenvalue weighted by Gasteiger charge is 2.40. The van der Waals surface area contributed by atoms with Gasteiger partial charge in [-0.1, -0.05) is 6.42 Å². The number of nitrogens with zero attached hydrogens (tertiary/aromatic N) is 1. The lowest BCUT2D eigenvalue weighted by Crippen LogP contribution is -2.34. The predicted molar refractivity (Wildman–Crippen MR) is 73.0 cm³/mol. The van der Waals surface area contributed by atoms with Crippen molar-refractivity contribution in [3.05, 3.63) is 34.2 Å². The molecule has 0 aliphatic heterocycles. The number of aromatic amines is 1. The van der Waals surface area contributed by atoms with Gasteiger partial charge in [0.2, 0.25) is 5.56 Å². The van der Waals surface area contributed by atoms with Gasteiger partial charge in [0.05, 0.1) is 0 Å². The Hall–Kier alpha value is -1.58. The Balaban J connectivity index is 1.65. The molecule has 2 fully saturated rings. The van der Waals surface area contributed by atoms with Crippen LogP contribution in [0.4, 0.5) is 0 Å². The van der Waals surface area contributed by atoms with Gasteiger partial charge in [-0.05, 0) is 43.1 Å². The molecule has 2 bridgehead atoms. The summed E-state index contributed by atoms with van der Waals surface area (Å²) in [5, 5.41) is 0. The molecule has 4 heteroatoms. The molecule has 2 aliphatic rings. The number of carbonyl (C=O) groups excluding carboxylic acids is 1. The fraction of sp³-hybridized carbons (Fsp3) is 0.600. The molecule has 1 N–H and O–H groups in total. The smallest absolute Gasteiger partial charge is 0.253 e. The molecule has 1 amide bonds. The Morgan fingerprint density at radius 1 is 1.42 bits per heavy atom. The van der Waals surface area contributed by atoms with Crippen LogP contribution in [0.25, 0.3) is 0 Å². The van der Waals surface area contributed by atoms with Gasteiger partial charge < -0.3 is 9.88 Å². The lowest BCUT2D eigenvalue weighted by molar-refractivity contribution is 0.0754. The number of carbonyl (C=O) groups is 1. The second kappa shape index (κ2) is 4.83. The molecule has 1 aromatic heterocycles. The van der Waals surface area contributed by atoms with Crippen molar-refractivity contribution in [3.8, 4) is 0 Å². The minimum absolute atomic E-state index is 0.0473. The Labute approximate surface area is 112 Å². The molecule has 2 aliphatic carbocycles. The third kappa shape index (κ3) is 2.44. The predicted octanol–water partition coefficient (Wildman–Crippen LogP) is 1.88.